The van der Waals surface area contributed by atoms with Gasteiger partial charge in [-0.2, -0.15) is 0 Å². The van der Waals surface area contributed by atoms with Gasteiger partial charge in [0.1, 0.15) is 17.8 Å². The van der Waals surface area contributed by atoms with Gasteiger partial charge < -0.3 is 14.4 Å². The van der Waals surface area contributed by atoms with E-state index >= 15 is 0 Å². The standard InChI is InChI=1S/C24H28N4O3/c1-18-17-31-22-15-20(30-2)8-9-21(22)24(29)28(18)14-4-3-12-27-13-5-7-19(16-27)23-25-10-6-11-26-23/h6-11,15,17H,3-5,12-14,16H2,1-2H3. The van der Waals surface area contributed by atoms with Gasteiger partial charge in [0, 0.05) is 43.7 Å². The Labute approximate surface area is 183 Å². The zero-order valence-corrected chi connectivity index (χ0v) is 18.1. The number of hydrogen-bond donors (Lipinski definition) is 0. The van der Waals surface area contributed by atoms with Gasteiger partial charge in [0.15, 0.2) is 5.82 Å². The maximum atomic E-state index is 13.1. The highest BCUT2D eigenvalue weighted by Crippen LogP contribution is 2.30. The van der Waals surface area contributed by atoms with Crippen LogP contribution >= 0.6 is 0 Å². The van der Waals surface area contributed by atoms with Crippen molar-refractivity contribution in [2.75, 3.05) is 33.3 Å². The molecule has 0 spiro atoms. The molecular weight excluding hydrogens is 392 g/mol. The van der Waals surface area contributed by atoms with Crippen LogP contribution in [0.4, 0.5) is 0 Å². The van der Waals surface area contributed by atoms with Crippen molar-refractivity contribution in [1.82, 2.24) is 19.8 Å². The quantitative estimate of drug-likeness (QED) is 0.636. The lowest BCUT2D eigenvalue weighted by molar-refractivity contribution is 0.0804. The lowest BCUT2D eigenvalue weighted by Gasteiger charge is -2.27. The molecule has 7 heteroatoms. The summed E-state index contributed by atoms with van der Waals surface area (Å²) in [6, 6.07) is 7.14. The van der Waals surface area contributed by atoms with Crippen LogP contribution in [0.5, 0.6) is 11.5 Å². The Balaban J connectivity index is 1.31. The summed E-state index contributed by atoms with van der Waals surface area (Å²) in [5.74, 6) is 1.98. The summed E-state index contributed by atoms with van der Waals surface area (Å²) in [6.07, 6.45) is 10.4. The summed E-state index contributed by atoms with van der Waals surface area (Å²) in [4.78, 5) is 26.1. The summed E-state index contributed by atoms with van der Waals surface area (Å²) in [7, 11) is 1.60. The molecule has 2 aromatic rings. The van der Waals surface area contributed by atoms with Gasteiger partial charge in [-0.25, -0.2) is 9.97 Å². The summed E-state index contributed by atoms with van der Waals surface area (Å²) in [5, 5.41) is 0. The van der Waals surface area contributed by atoms with Crippen LogP contribution in [0.1, 0.15) is 42.4 Å². The summed E-state index contributed by atoms with van der Waals surface area (Å²) >= 11 is 0. The predicted octanol–water partition coefficient (Wildman–Crippen LogP) is 3.75. The first-order chi connectivity index (χ1) is 15.2. The smallest absolute Gasteiger partial charge is 0.261 e. The highest BCUT2D eigenvalue weighted by Gasteiger charge is 2.24. The summed E-state index contributed by atoms with van der Waals surface area (Å²) in [6.45, 7) is 5.46. The molecular formula is C24H28N4O3. The fraction of sp³-hybridized carbons (Fsp3) is 0.375. The summed E-state index contributed by atoms with van der Waals surface area (Å²) in [5.41, 5.74) is 2.56. The van der Waals surface area contributed by atoms with Gasteiger partial charge in [-0.3, -0.25) is 9.69 Å². The zero-order valence-electron chi connectivity index (χ0n) is 18.1. The third-order valence-corrected chi connectivity index (χ3v) is 5.64. The van der Waals surface area contributed by atoms with E-state index in [-0.39, 0.29) is 5.91 Å². The monoisotopic (exact) mass is 420 g/mol. The van der Waals surface area contributed by atoms with Crippen LogP contribution in [0.15, 0.2) is 54.7 Å². The number of methoxy groups -OCH3 is 1. The first-order valence-electron chi connectivity index (χ1n) is 10.7. The van der Waals surface area contributed by atoms with Gasteiger partial charge in [-0.05, 0) is 50.9 Å². The van der Waals surface area contributed by atoms with E-state index in [4.69, 9.17) is 9.47 Å². The number of carbonyl (C=O) groups is 1. The van der Waals surface area contributed by atoms with E-state index in [1.165, 1.54) is 5.57 Å². The van der Waals surface area contributed by atoms with E-state index < -0.39 is 0 Å². The van der Waals surface area contributed by atoms with E-state index in [1.54, 1.807) is 48.9 Å². The van der Waals surface area contributed by atoms with E-state index in [2.05, 4.69) is 20.9 Å². The molecule has 4 rings (SSSR count). The molecule has 0 bridgehead atoms. The second-order valence-corrected chi connectivity index (χ2v) is 7.77. The number of carbonyl (C=O) groups excluding carboxylic acids is 1. The molecule has 0 radical (unpaired) electrons. The predicted molar refractivity (Wildman–Crippen MR) is 119 cm³/mol. The van der Waals surface area contributed by atoms with Gasteiger partial charge in [0.25, 0.3) is 5.91 Å². The SMILES string of the molecule is COc1ccc2c(c1)OC=C(C)N(CCCCN1CCC=C(c3ncccn3)C1)C2=O. The van der Waals surface area contributed by atoms with Crippen LogP contribution in [0.2, 0.25) is 0 Å². The molecule has 3 heterocycles. The number of aromatic nitrogens is 2. The van der Waals surface area contributed by atoms with Crippen LogP contribution in [0.25, 0.3) is 5.57 Å². The number of allylic oxidation sites excluding steroid dienone is 1. The van der Waals surface area contributed by atoms with Crippen molar-refractivity contribution >= 4 is 11.5 Å². The van der Waals surface area contributed by atoms with Crippen molar-refractivity contribution in [3.63, 3.8) is 0 Å². The van der Waals surface area contributed by atoms with Gasteiger partial charge in [-0.1, -0.05) is 6.08 Å². The van der Waals surface area contributed by atoms with Crippen molar-refractivity contribution in [2.45, 2.75) is 26.2 Å². The van der Waals surface area contributed by atoms with Crippen molar-refractivity contribution in [2.24, 2.45) is 0 Å². The number of rotatable bonds is 7. The average molecular weight is 421 g/mol. The Morgan fingerprint density at radius 3 is 2.77 bits per heavy atom. The van der Waals surface area contributed by atoms with Gasteiger partial charge in [0.05, 0.1) is 18.4 Å². The minimum atomic E-state index is -0.0340. The number of fused-ring (bicyclic) bond motifs is 1. The average Bonchev–Trinajstić information content (AvgIpc) is 2.93. The zero-order chi connectivity index (χ0) is 21.6. The third kappa shape index (κ3) is 4.94. The lowest BCUT2D eigenvalue weighted by atomic mass is 10.1. The normalized spacial score (nSPS) is 16.7. The van der Waals surface area contributed by atoms with Crippen LogP contribution in [0.3, 0.4) is 0 Å². The topological polar surface area (TPSA) is 67.8 Å². The molecule has 0 atom stereocenters. The van der Waals surface area contributed by atoms with Crippen LogP contribution in [-0.4, -0.2) is 59.0 Å². The molecule has 31 heavy (non-hydrogen) atoms. The van der Waals surface area contributed by atoms with Crippen LogP contribution in [0, 0.1) is 0 Å². The van der Waals surface area contributed by atoms with Crippen LogP contribution < -0.4 is 9.47 Å². The Morgan fingerprint density at radius 1 is 1.16 bits per heavy atom. The second kappa shape index (κ2) is 9.75. The molecule has 0 saturated carbocycles. The highest BCUT2D eigenvalue weighted by atomic mass is 16.5. The Bertz CT molecular complexity index is 988. The molecule has 0 unspecified atom stereocenters. The van der Waals surface area contributed by atoms with Crippen molar-refractivity contribution < 1.29 is 14.3 Å². The minimum absolute atomic E-state index is 0.0340. The molecule has 0 aliphatic carbocycles. The molecule has 2 aliphatic rings. The minimum Gasteiger partial charge on any atom is -0.497 e. The van der Waals surface area contributed by atoms with E-state index in [1.807, 2.05) is 13.0 Å². The number of benzene rings is 1. The maximum absolute atomic E-state index is 13.1. The Morgan fingerprint density at radius 2 is 1.97 bits per heavy atom. The lowest BCUT2D eigenvalue weighted by Crippen LogP contribution is -2.32. The molecule has 0 saturated heterocycles. The number of unbranched alkanes of at least 4 members (excludes halogenated alkanes) is 1. The van der Waals surface area contributed by atoms with Crippen LogP contribution in [-0.2, 0) is 0 Å². The number of amides is 1. The Hall–Kier alpha value is -3.19. The van der Waals surface area contributed by atoms with Gasteiger partial charge in [0.2, 0.25) is 0 Å². The number of nitrogens with zero attached hydrogens (tertiary/aromatic N) is 4. The molecule has 0 N–H and O–H groups in total. The summed E-state index contributed by atoms with van der Waals surface area (Å²) < 4.78 is 11.0. The van der Waals surface area contributed by atoms with Crippen molar-refractivity contribution in [3.8, 4) is 11.5 Å². The highest BCUT2D eigenvalue weighted by molar-refractivity contribution is 5.98. The van der Waals surface area contributed by atoms with Gasteiger partial charge in [-0.15, -0.1) is 0 Å². The fourth-order valence-electron chi connectivity index (χ4n) is 3.93. The molecule has 162 valence electrons. The first-order valence-corrected chi connectivity index (χ1v) is 10.7. The van der Waals surface area contributed by atoms with Gasteiger partial charge >= 0.3 is 0 Å². The number of ether oxygens (including phenoxy) is 2. The first kappa shape index (κ1) is 21.1. The molecule has 1 amide bonds. The third-order valence-electron chi connectivity index (χ3n) is 5.64. The molecule has 1 aromatic heterocycles. The fourth-order valence-corrected chi connectivity index (χ4v) is 3.93. The maximum Gasteiger partial charge on any atom is 0.261 e. The van der Waals surface area contributed by atoms with E-state index in [0.29, 0.717) is 23.6 Å². The molecule has 2 aliphatic heterocycles. The van der Waals surface area contributed by atoms with E-state index in [0.717, 1.165) is 50.4 Å². The molecule has 0 fully saturated rings. The van der Waals surface area contributed by atoms with E-state index in [9.17, 15) is 4.79 Å². The molecule has 1 aromatic carbocycles. The number of hydrogen-bond acceptors (Lipinski definition) is 6. The molecule has 7 nitrogen and oxygen atoms in total. The van der Waals surface area contributed by atoms with Crippen molar-refractivity contribution in [3.05, 3.63) is 66.1 Å². The largest absolute Gasteiger partial charge is 0.497 e. The van der Waals surface area contributed by atoms with Crippen molar-refractivity contribution in [1.29, 1.82) is 0 Å². The Kier molecular flexibility index (Phi) is 6.62. The second-order valence-electron chi connectivity index (χ2n) is 7.77.